The summed E-state index contributed by atoms with van der Waals surface area (Å²) in [4.78, 5) is 12.6. The predicted molar refractivity (Wildman–Crippen MR) is 68.3 cm³/mol. The average Bonchev–Trinajstić information content (AvgIpc) is 2.39. The number of nitro benzene ring substituents is 1. The van der Waals surface area contributed by atoms with Crippen LogP contribution in [0.2, 0.25) is 0 Å². The molecule has 0 aromatic heterocycles. The van der Waals surface area contributed by atoms with Gasteiger partial charge in [-0.25, -0.2) is 0 Å². The zero-order chi connectivity index (χ0) is 12.3. The van der Waals surface area contributed by atoms with E-state index in [0.717, 1.165) is 31.9 Å². The third-order valence-corrected chi connectivity index (χ3v) is 2.91. The highest BCUT2D eigenvalue weighted by Crippen LogP contribution is 2.26. The molecule has 1 aromatic rings. The van der Waals surface area contributed by atoms with Crippen molar-refractivity contribution in [2.24, 2.45) is 0 Å². The molecule has 0 saturated carbocycles. The third-order valence-electron chi connectivity index (χ3n) is 2.91. The van der Waals surface area contributed by atoms with Crippen molar-refractivity contribution in [1.29, 1.82) is 0 Å². The first-order valence-corrected chi connectivity index (χ1v) is 5.59. The summed E-state index contributed by atoms with van der Waals surface area (Å²) in [5, 5.41) is 14.1. The lowest BCUT2D eigenvalue weighted by atomic mass is 10.1. The lowest BCUT2D eigenvalue weighted by Crippen LogP contribution is -2.43. The minimum absolute atomic E-state index is 0.110. The highest BCUT2D eigenvalue weighted by Gasteiger charge is 2.15. The Hall–Kier alpha value is -1.88. The number of nitrogens with zero attached hydrogens (tertiary/aromatic N) is 2. The van der Waals surface area contributed by atoms with Crippen molar-refractivity contribution in [3.8, 4) is 0 Å². The zero-order valence-corrected chi connectivity index (χ0v) is 9.56. The first-order chi connectivity index (χ1) is 8.22. The minimum Gasteiger partial charge on any atom is -0.369 e. The largest absolute Gasteiger partial charge is 0.369 e. The Morgan fingerprint density at radius 3 is 2.71 bits per heavy atom. The molecule has 1 fully saturated rings. The normalized spacial score (nSPS) is 15.6. The molecule has 0 radical (unpaired) electrons. The second-order valence-corrected chi connectivity index (χ2v) is 3.94. The van der Waals surface area contributed by atoms with E-state index in [2.05, 4.69) is 16.8 Å². The van der Waals surface area contributed by atoms with E-state index in [4.69, 9.17) is 0 Å². The number of hydrogen-bond donors (Lipinski definition) is 1. The quantitative estimate of drug-likeness (QED) is 0.637. The molecular formula is C12H15N3O2. The van der Waals surface area contributed by atoms with Gasteiger partial charge in [-0.2, -0.15) is 0 Å². The van der Waals surface area contributed by atoms with Gasteiger partial charge in [-0.15, -0.1) is 0 Å². The Morgan fingerprint density at radius 2 is 2.12 bits per heavy atom. The highest BCUT2D eigenvalue weighted by atomic mass is 16.6. The molecule has 1 saturated heterocycles. The number of nitro groups is 1. The van der Waals surface area contributed by atoms with Crippen molar-refractivity contribution >= 4 is 17.5 Å². The molecule has 1 aliphatic rings. The summed E-state index contributed by atoms with van der Waals surface area (Å²) in [6.45, 7) is 7.36. The SMILES string of the molecule is C=Cc1cc(N2CCNCC2)ccc1[N+](=O)[O-]. The van der Waals surface area contributed by atoms with Gasteiger partial charge in [0.05, 0.1) is 10.5 Å². The number of benzene rings is 1. The Labute approximate surface area is 99.9 Å². The molecule has 0 spiro atoms. The average molecular weight is 233 g/mol. The monoisotopic (exact) mass is 233 g/mol. The molecule has 1 heterocycles. The van der Waals surface area contributed by atoms with E-state index in [9.17, 15) is 10.1 Å². The number of rotatable bonds is 3. The van der Waals surface area contributed by atoms with Crippen LogP contribution < -0.4 is 10.2 Å². The van der Waals surface area contributed by atoms with Crippen LogP contribution in [0.3, 0.4) is 0 Å². The number of hydrogen-bond acceptors (Lipinski definition) is 4. The van der Waals surface area contributed by atoms with Crippen LogP contribution in [0, 0.1) is 10.1 Å². The molecule has 5 nitrogen and oxygen atoms in total. The number of nitrogens with one attached hydrogen (secondary N) is 1. The second-order valence-electron chi connectivity index (χ2n) is 3.94. The summed E-state index contributed by atoms with van der Waals surface area (Å²) in [5.74, 6) is 0. The Kier molecular flexibility index (Phi) is 3.39. The van der Waals surface area contributed by atoms with Gasteiger partial charge in [0.1, 0.15) is 0 Å². The molecule has 0 bridgehead atoms. The lowest BCUT2D eigenvalue weighted by molar-refractivity contribution is -0.385. The fraction of sp³-hybridized carbons (Fsp3) is 0.333. The van der Waals surface area contributed by atoms with Crippen LogP contribution in [0.15, 0.2) is 24.8 Å². The van der Waals surface area contributed by atoms with Gasteiger partial charge in [0.15, 0.2) is 0 Å². The Bertz CT molecular complexity index is 439. The van der Waals surface area contributed by atoms with Crippen LogP contribution in [0.5, 0.6) is 0 Å². The molecule has 2 rings (SSSR count). The van der Waals surface area contributed by atoms with Crippen LogP contribution in [0.4, 0.5) is 11.4 Å². The molecular weight excluding hydrogens is 218 g/mol. The van der Waals surface area contributed by atoms with Crippen LogP contribution in [-0.4, -0.2) is 31.1 Å². The Morgan fingerprint density at radius 1 is 1.41 bits per heavy atom. The highest BCUT2D eigenvalue weighted by molar-refractivity contribution is 5.66. The summed E-state index contributed by atoms with van der Waals surface area (Å²) in [6.07, 6.45) is 1.53. The summed E-state index contributed by atoms with van der Waals surface area (Å²) in [6, 6.07) is 5.18. The van der Waals surface area contributed by atoms with Gasteiger partial charge in [0.2, 0.25) is 0 Å². The maximum atomic E-state index is 10.8. The maximum Gasteiger partial charge on any atom is 0.276 e. The topological polar surface area (TPSA) is 58.4 Å². The van der Waals surface area contributed by atoms with Crippen molar-refractivity contribution < 1.29 is 4.92 Å². The van der Waals surface area contributed by atoms with Gasteiger partial charge in [0.25, 0.3) is 5.69 Å². The smallest absolute Gasteiger partial charge is 0.276 e. The number of piperazine rings is 1. The predicted octanol–water partition coefficient (Wildman–Crippen LogP) is 1.65. The van der Waals surface area contributed by atoms with Crippen molar-refractivity contribution in [2.45, 2.75) is 0 Å². The molecule has 5 heteroatoms. The van der Waals surface area contributed by atoms with Crippen LogP contribution in [0.25, 0.3) is 6.08 Å². The standard InChI is InChI=1S/C12H15N3O2/c1-2-10-9-11(3-4-12(10)15(16)17)14-7-5-13-6-8-14/h2-4,9,13H,1,5-8H2. The first-order valence-electron chi connectivity index (χ1n) is 5.59. The number of anilines is 1. The van der Waals surface area contributed by atoms with E-state index in [1.54, 1.807) is 12.1 Å². The third kappa shape index (κ3) is 2.45. The summed E-state index contributed by atoms with van der Waals surface area (Å²) in [7, 11) is 0. The van der Waals surface area contributed by atoms with E-state index >= 15 is 0 Å². The van der Waals surface area contributed by atoms with E-state index < -0.39 is 0 Å². The van der Waals surface area contributed by atoms with Crippen molar-refractivity contribution in [3.63, 3.8) is 0 Å². The molecule has 0 atom stereocenters. The van der Waals surface area contributed by atoms with Crippen LogP contribution in [0.1, 0.15) is 5.56 Å². The van der Waals surface area contributed by atoms with Gasteiger partial charge >= 0.3 is 0 Å². The van der Waals surface area contributed by atoms with E-state index in [-0.39, 0.29) is 10.6 Å². The van der Waals surface area contributed by atoms with Crippen molar-refractivity contribution in [1.82, 2.24) is 5.32 Å². The van der Waals surface area contributed by atoms with E-state index in [0.29, 0.717) is 5.56 Å². The fourth-order valence-corrected chi connectivity index (χ4v) is 1.99. The first kappa shape index (κ1) is 11.6. The maximum absolute atomic E-state index is 10.8. The minimum atomic E-state index is -0.376. The molecule has 0 unspecified atom stereocenters. The van der Waals surface area contributed by atoms with Crippen LogP contribution >= 0.6 is 0 Å². The van der Waals surface area contributed by atoms with Gasteiger partial charge in [-0.05, 0) is 12.1 Å². The molecule has 90 valence electrons. The fourth-order valence-electron chi connectivity index (χ4n) is 1.99. The molecule has 1 aliphatic heterocycles. The zero-order valence-electron chi connectivity index (χ0n) is 9.56. The van der Waals surface area contributed by atoms with Gasteiger partial charge in [-0.3, -0.25) is 10.1 Å². The lowest BCUT2D eigenvalue weighted by Gasteiger charge is -2.29. The molecule has 0 aliphatic carbocycles. The van der Waals surface area contributed by atoms with Gasteiger partial charge in [-0.1, -0.05) is 12.7 Å². The van der Waals surface area contributed by atoms with Crippen LogP contribution in [-0.2, 0) is 0 Å². The molecule has 0 amide bonds. The Balaban J connectivity index is 2.30. The summed E-state index contributed by atoms with van der Waals surface area (Å²) in [5.41, 5.74) is 1.71. The van der Waals surface area contributed by atoms with Crippen molar-refractivity contribution in [2.75, 3.05) is 31.1 Å². The molecule has 1 aromatic carbocycles. The summed E-state index contributed by atoms with van der Waals surface area (Å²) >= 11 is 0. The summed E-state index contributed by atoms with van der Waals surface area (Å²) < 4.78 is 0. The second kappa shape index (κ2) is 4.97. The van der Waals surface area contributed by atoms with Crippen molar-refractivity contribution in [3.05, 3.63) is 40.5 Å². The van der Waals surface area contributed by atoms with Gasteiger partial charge < -0.3 is 10.2 Å². The van der Waals surface area contributed by atoms with Gasteiger partial charge in [0, 0.05) is 37.9 Å². The van der Waals surface area contributed by atoms with E-state index in [1.807, 2.05) is 6.07 Å². The molecule has 17 heavy (non-hydrogen) atoms. The molecule has 1 N–H and O–H groups in total. The van der Waals surface area contributed by atoms with E-state index in [1.165, 1.54) is 6.08 Å².